The minimum Gasteiger partial charge on any atom is -0.459 e. The summed E-state index contributed by atoms with van der Waals surface area (Å²) < 4.78 is 16.0. The van der Waals surface area contributed by atoms with Crippen molar-refractivity contribution in [3.8, 4) is 0 Å². The third kappa shape index (κ3) is 4.00. The molecule has 2 rings (SSSR count). The summed E-state index contributed by atoms with van der Waals surface area (Å²) in [4.78, 5) is 48.4. The summed E-state index contributed by atoms with van der Waals surface area (Å²) in [7, 11) is 0. The number of carbonyl (C=O) groups is 4. The van der Waals surface area contributed by atoms with Gasteiger partial charge in [0.05, 0.1) is 12.0 Å². The van der Waals surface area contributed by atoms with Crippen LogP contribution >= 0.6 is 0 Å². The fourth-order valence-corrected chi connectivity index (χ4v) is 3.17. The molecule has 2 amide bonds. The van der Waals surface area contributed by atoms with Gasteiger partial charge in [0.15, 0.2) is 6.73 Å². The second kappa shape index (κ2) is 7.87. The molecule has 0 radical (unpaired) electrons. The highest BCUT2D eigenvalue weighted by molar-refractivity contribution is 5.91. The summed E-state index contributed by atoms with van der Waals surface area (Å²) >= 11 is 0. The Hall–Kier alpha value is -2.74. The first-order valence-electron chi connectivity index (χ1n) is 8.41. The van der Waals surface area contributed by atoms with E-state index in [0.717, 1.165) is 4.90 Å². The van der Waals surface area contributed by atoms with E-state index in [2.05, 4.69) is 13.2 Å². The molecule has 2 bridgehead atoms. The second-order valence-corrected chi connectivity index (χ2v) is 6.84. The average molecular weight is 377 g/mol. The van der Waals surface area contributed by atoms with Crippen molar-refractivity contribution in [3.05, 3.63) is 36.5 Å². The van der Waals surface area contributed by atoms with Crippen LogP contribution in [0.5, 0.6) is 0 Å². The third-order valence-electron chi connectivity index (χ3n) is 4.63. The van der Waals surface area contributed by atoms with Crippen molar-refractivity contribution >= 4 is 24.3 Å². The van der Waals surface area contributed by atoms with E-state index in [4.69, 9.17) is 14.2 Å². The minimum atomic E-state index is -1.17. The minimum absolute atomic E-state index is 0.149. The molecule has 0 aliphatic carbocycles. The molecule has 27 heavy (non-hydrogen) atoms. The van der Waals surface area contributed by atoms with Crippen LogP contribution in [0.4, 0.5) is 0 Å². The molecule has 4 unspecified atom stereocenters. The number of rotatable bonds is 8. The number of nitrogens with zero attached hydrogens (tertiary/aromatic N) is 1. The molecular weight excluding hydrogens is 354 g/mol. The van der Waals surface area contributed by atoms with Crippen molar-refractivity contribution in [2.75, 3.05) is 13.3 Å². The number of fused-ring (bicyclic) bond motifs is 2. The predicted molar refractivity (Wildman–Crippen MR) is 93.9 cm³/mol. The highest BCUT2D eigenvalue weighted by Crippen LogP contribution is 2.47. The fraction of sp³-hybridized carbons (Fsp3) is 0.474. The molecular formula is C19H23NO7. The predicted octanol–water partition coefficient (Wildman–Crippen LogP) is 1.13. The van der Waals surface area contributed by atoms with Crippen molar-refractivity contribution in [2.24, 2.45) is 11.8 Å². The maximum absolute atomic E-state index is 13.0. The van der Waals surface area contributed by atoms with Gasteiger partial charge in [-0.25, -0.2) is 14.5 Å². The van der Waals surface area contributed by atoms with Crippen LogP contribution in [0.15, 0.2) is 36.5 Å². The van der Waals surface area contributed by atoms with E-state index >= 15 is 0 Å². The van der Waals surface area contributed by atoms with Gasteiger partial charge in [0.2, 0.25) is 12.3 Å². The molecule has 1 saturated heterocycles. The van der Waals surface area contributed by atoms with E-state index < -0.39 is 36.1 Å². The lowest BCUT2D eigenvalue weighted by Gasteiger charge is -2.33. The summed E-state index contributed by atoms with van der Waals surface area (Å²) in [5, 5.41) is 0. The number of ether oxygens (including phenoxy) is 3. The molecule has 2 aliphatic heterocycles. The first-order chi connectivity index (χ1) is 12.6. The molecule has 0 aromatic carbocycles. The number of hydrogen-bond donors (Lipinski definition) is 0. The Balaban J connectivity index is 2.16. The van der Waals surface area contributed by atoms with E-state index in [1.807, 2.05) is 6.92 Å². The van der Waals surface area contributed by atoms with Gasteiger partial charge in [0.1, 0.15) is 12.2 Å². The monoisotopic (exact) mass is 377 g/mol. The number of imide groups is 1. The van der Waals surface area contributed by atoms with Crippen LogP contribution in [0.2, 0.25) is 0 Å². The van der Waals surface area contributed by atoms with Crippen LogP contribution in [0.1, 0.15) is 20.8 Å². The largest absolute Gasteiger partial charge is 0.459 e. The lowest BCUT2D eigenvalue weighted by molar-refractivity contribution is -0.160. The zero-order chi connectivity index (χ0) is 20.4. The van der Waals surface area contributed by atoms with E-state index in [1.54, 1.807) is 12.2 Å². The van der Waals surface area contributed by atoms with E-state index in [0.29, 0.717) is 6.41 Å². The van der Waals surface area contributed by atoms with Crippen molar-refractivity contribution < 1.29 is 33.4 Å². The highest BCUT2D eigenvalue weighted by Gasteiger charge is 2.59. The fourth-order valence-electron chi connectivity index (χ4n) is 3.17. The quantitative estimate of drug-likeness (QED) is 0.205. The lowest BCUT2D eigenvalue weighted by atomic mass is 9.76. The average Bonchev–Trinajstić information content (AvgIpc) is 3.15. The zero-order valence-corrected chi connectivity index (χ0v) is 15.6. The molecule has 0 aromatic rings. The number of amides is 2. The normalized spacial score (nSPS) is 27.7. The summed E-state index contributed by atoms with van der Waals surface area (Å²) in [5.41, 5.74) is -0.803. The first kappa shape index (κ1) is 20.6. The standard InChI is InChI=1S/C19H23NO7/c1-11(2)17(23)25-8-19-7-6-14(27-19)13(5)15(19)16(22)20(9-21)10-26-18(24)12(3)4/h6-7,9,13-15H,1,3,8,10H2,2,4-5H3. The highest BCUT2D eigenvalue weighted by atomic mass is 16.6. The van der Waals surface area contributed by atoms with E-state index in [9.17, 15) is 19.2 Å². The van der Waals surface area contributed by atoms with Gasteiger partial charge >= 0.3 is 11.9 Å². The summed E-state index contributed by atoms with van der Waals surface area (Å²) in [6.07, 6.45) is 3.43. The molecule has 4 atom stereocenters. The molecule has 2 heterocycles. The Morgan fingerprint density at radius 2 is 1.78 bits per heavy atom. The Bertz CT molecular complexity index is 726. The van der Waals surface area contributed by atoms with Crippen LogP contribution in [-0.2, 0) is 33.4 Å². The maximum Gasteiger partial charge on any atom is 0.334 e. The van der Waals surface area contributed by atoms with Crippen molar-refractivity contribution in [3.63, 3.8) is 0 Å². The second-order valence-electron chi connectivity index (χ2n) is 6.84. The number of carbonyl (C=O) groups excluding carboxylic acids is 4. The van der Waals surface area contributed by atoms with Crippen molar-refractivity contribution in [1.82, 2.24) is 4.90 Å². The van der Waals surface area contributed by atoms with Crippen LogP contribution in [0.3, 0.4) is 0 Å². The molecule has 0 N–H and O–H groups in total. The van der Waals surface area contributed by atoms with E-state index in [-0.39, 0.29) is 29.8 Å². The summed E-state index contributed by atoms with van der Waals surface area (Å²) in [5.74, 6) is -2.93. The van der Waals surface area contributed by atoms with Gasteiger partial charge in [0.25, 0.3) is 0 Å². The smallest absolute Gasteiger partial charge is 0.334 e. The zero-order valence-electron chi connectivity index (χ0n) is 15.6. The van der Waals surface area contributed by atoms with Crippen LogP contribution in [-0.4, -0.2) is 54.2 Å². The molecule has 8 nitrogen and oxygen atoms in total. The van der Waals surface area contributed by atoms with Gasteiger partial charge in [0, 0.05) is 17.1 Å². The van der Waals surface area contributed by atoms with Crippen LogP contribution < -0.4 is 0 Å². The molecule has 0 aromatic heterocycles. The van der Waals surface area contributed by atoms with Gasteiger partial charge in [-0.05, 0) is 13.8 Å². The molecule has 1 fully saturated rings. The van der Waals surface area contributed by atoms with Crippen molar-refractivity contribution in [1.29, 1.82) is 0 Å². The Kier molecular flexibility index (Phi) is 6.00. The summed E-state index contributed by atoms with van der Waals surface area (Å²) in [6, 6.07) is 0. The summed E-state index contributed by atoms with van der Waals surface area (Å²) in [6.45, 7) is 11.0. The van der Waals surface area contributed by atoms with Gasteiger partial charge < -0.3 is 14.2 Å². The third-order valence-corrected chi connectivity index (χ3v) is 4.63. The topological polar surface area (TPSA) is 99.2 Å². The Labute approximate surface area is 157 Å². The maximum atomic E-state index is 13.0. The lowest BCUT2D eigenvalue weighted by Crippen LogP contribution is -2.50. The first-order valence-corrected chi connectivity index (χ1v) is 8.41. The molecule has 146 valence electrons. The molecule has 0 spiro atoms. The van der Waals surface area contributed by atoms with Gasteiger partial charge in [-0.3, -0.25) is 9.59 Å². The Morgan fingerprint density at radius 1 is 1.19 bits per heavy atom. The van der Waals surface area contributed by atoms with Crippen molar-refractivity contribution in [2.45, 2.75) is 32.5 Å². The Morgan fingerprint density at radius 3 is 2.33 bits per heavy atom. The molecule has 2 aliphatic rings. The molecule has 0 saturated carbocycles. The molecule has 8 heteroatoms. The number of esters is 2. The van der Waals surface area contributed by atoms with Crippen LogP contribution in [0.25, 0.3) is 0 Å². The van der Waals surface area contributed by atoms with Crippen LogP contribution in [0, 0.1) is 11.8 Å². The van der Waals surface area contributed by atoms with Gasteiger partial charge in [-0.15, -0.1) is 0 Å². The SMILES string of the molecule is C=C(C)C(=O)OCN(C=O)C(=O)C1C(C)C2C=CC1(COC(=O)C(=C)C)O2. The van der Waals surface area contributed by atoms with Gasteiger partial charge in [-0.1, -0.05) is 32.2 Å². The van der Waals surface area contributed by atoms with Gasteiger partial charge in [-0.2, -0.15) is 0 Å². The van der Waals surface area contributed by atoms with E-state index in [1.165, 1.54) is 13.8 Å². The number of hydrogen-bond acceptors (Lipinski definition) is 7.